The first-order chi connectivity index (χ1) is 48.2. The van der Waals surface area contributed by atoms with Gasteiger partial charge in [-0.05, 0) is 25.2 Å². The lowest BCUT2D eigenvalue weighted by Gasteiger charge is -2.49. The number of phosphoric acid groups is 1. The quantitative estimate of drug-likeness (QED) is 0.0117. The molecule has 11 N–H and O–H groups in total. The average Bonchev–Trinajstić information content (AvgIpc) is 0.765. The number of ether oxygens (including phenoxy) is 7. The molecule has 1 aliphatic carbocycles. The molecule has 19 unspecified atom stereocenters. The van der Waals surface area contributed by atoms with E-state index in [0.29, 0.717) is 25.2 Å². The minimum absolute atomic E-state index is 0.0333. The second kappa shape index (κ2) is 56.3. The molecule has 3 rings (SSSR count). The van der Waals surface area contributed by atoms with Gasteiger partial charge in [0.2, 0.25) is 0 Å². The largest absolute Gasteiger partial charge is 0.472 e. The van der Waals surface area contributed by atoms with E-state index in [-0.39, 0.29) is 19.3 Å². The minimum atomic E-state index is -5.70. The van der Waals surface area contributed by atoms with Crippen LogP contribution in [0.1, 0.15) is 323 Å². The van der Waals surface area contributed by atoms with Crippen LogP contribution in [0.25, 0.3) is 0 Å². The molecule has 2 heterocycles. The number of carbonyl (C=O) groups is 3. The summed E-state index contributed by atoms with van der Waals surface area (Å²) in [6.45, 7) is 5.81. The van der Waals surface area contributed by atoms with Gasteiger partial charge in [-0.3, -0.25) is 23.4 Å². The van der Waals surface area contributed by atoms with Crippen LogP contribution in [0.15, 0.2) is 0 Å². The Bertz CT molecular complexity index is 2080. The maximum Gasteiger partial charge on any atom is 0.472 e. The molecule has 19 atom stereocenters. The average molecular weight is 1460 g/mol. The Hall–Kier alpha value is -2.04. The van der Waals surface area contributed by atoms with Crippen molar-refractivity contribution in [2.45, 2.75) is 427 Å². The Labute approximate surface area is 600 Å². The Kier molecular flexibility index (Phi) is 51.9. The monoisotopic (exact) mass is 1460 g/mol. The van der Waals surface area contributed by atoms with Crippen molar-refractivity contribution in [2.24, 2.45) is 5.92 Å². The van der Waals surface area contributed by atoms with Gasteiger partial charge in [0.15, 0.2) is 18.7 Å². The minimum Gasteiger partial charge on any atom is -0.463 e. The summed E-state index contributed by atoms with van der Waals surface area (Å²) in [5, 5.41) is 110. The number of unbranched alkanes of at least 4 members (excludes halogenated alkanes) is 37. The van der Waals surface area contributed by atoms with Crippen LogP contribution < -0.4 is 0 Å². The Morgan fingerprint density at radius 2 is 0.700 bits per heavy atom. The van der Waals surface area contributed by atoms with E-state index in [1.54, 1.807) is 0 Å². The van der Waals surface area contributed by atoms with E-state index in [2.05, 4.69) is 27.7 Å². The van der Waals surface area contributed by atoms with Crippen molar-refractivity contribution in [3.05, 3.63) is 0 Å². The standard InChI is InChI=1S/C75H141O24P/c1-5-8-11-14-17-19-21-23-25-27-29-30-32-38-43-48-59(77)91-52-56(94-61(79)50-45-40-35-34-37-42-47-55(4)46-41-36-16-13-10-7-3)53-93-100(89,90)99-73-71(97-74-69(87)64(82)62(80)57(51-76)95-74)67(85)66(84)68(86)72(73)98-75-70(88)65(83)63(81)58(96-75)54-92-60(78)49-44-39-33-31-28-26-24-22-20-18-15-12-9-6-2/h55-58,62-76,80-88H,5-54H2,1-4H3,(H,89,90). The van der Waals surface area contributed by atoms with Crippen molar-refractivity contribution >= 4 is 25.7 Å². The lowest BCUT2D eigenvalue weighted by Crippen LogP contribution is -2.69. The zero-order valence-electron chi connectivity index (χ0n) is 61.9. The maximum absolute atomic E-state index is 14.4. The molecule has 0 aromatic heterocycles. The molecule has 2 saturated heterocycles. The highest BCUT2D eigenvalue weighted by molar-refractivity contribution is 7.47. The Morgan fingerprint density at radius 3 is 1.08 bits per heavy atom. The van der Waals surface area contributed by atoms with E-state index in [4.69, 9.17) is 42.2 Å². The third-order valence-corrected chi connectivity index (χ3v) is 21.0. The molecule has 0 radical (unpaired) electrons. The fourth-order valence-corrected chi connectivity index (χ4v) is 14.4. The highest BCUT2D eigenvalue weighted by atomic mass is 31.2. The van der Waals surface area contributed by atoms with E-state index in [1.165, 1.54) is 167 Å². The molecule has 0 amide bonds. The lowest BCUT2D eigenvalue weighted by atomic mass is 9.84. The molecule has 3 fully saturated rings. The third-order valence-electron chi connectivity index (χ3n) is 20.0. The molecule has 0 aromatic rings. The number of rotatable bonds is 62. The van der Waals surface area contributed by atoms with Crippen molar-refractivity contribution in [2.75, 3.05) is 26.4 Å². The molecule has 590 valence electrons. The third kappa shape index (κ3) is 39.0. The summed E-state index contributed by atoms with van der Waals surface area (Å²) < 4.78 is 65.2. The fourth-order valence-electron chi connectivity index (χ4n) is 13.5. The lowest BCUT2D eigenvalue weighted by molar-refractivity contribution is -0.360. The number of carbonyl (C=O) groups excluding carboxylic acids is 3. The van der Waals surface area contributed by atoms with Gasteiger partial charge in [-0.15, -0.1) is 0 Å². The Balaban J connectivity index is 1.72. The molecule has 0 bridgehead atoms. The van der Waals surface area contributed by atoms with Gasteiger partial charge in [0, 0.05) is 19.3 Å². The van der Waals surface area contributed by atoms with Gasteiger partial charge in [-0.2, -0.15) is 0 Å². The number of aliphatic hydroxyl groups excluding tert-OH is 10. The maximum atomic E-state index is 14.4. The van der Waals surface area contributed by atoms with E-state index in [1.807, 2.05) is 0 Å². The summed E-state index contributed by atoms with van der Waals surface area (Å²) in [6, 6.07) is 0. The first kappa shape index (κ1) is 92.2. The fraction of sp³-hybridized carbons (Fsp3) is 0.960. The number of esters is 3. The van der Waals surface area contributed by atoms with Crippen LogP contribution in [-0.2, 0) is 61.2 Å². The summed E-state index contributed by atoms with van der Waals surface area (Å²) >= 11 is 0. The molecule has 25 heteroatoms. The van der Waals surface area contributed by atoms with Crippen molar-refractivity contribution in [1.29, 1.82) is 0 Å². The molecule has 1 saturated carbocycles. The molecule has 0 aromatic carbocycles. The molecule has 24 nitrogen and oxygen atoms in total. The van der Waals surface area contributed by atoms with Gasteiger partial charge in [-0.25, -0.2) is 4.57 Å². The summed E-state index contributed by atoms with van der Waals surface area (Å²) in [6.07, 6.45) is 13.0. The van der Waals surface area contributed by atoms with Gasteiger partial charge in [0.25, 0.3) is 0 Å². The highest BCUT2D eigenvalue weighted by Gasteiger charge is 2.58. The van der Waals surface area contributed by atoms with Crippen LogP contribution in [0.5, 0.6) is 0 Å². The summed E-state index contributed by atoms with van der Waals surface area (Å²) in [5.41, 5.74) is 0. The van der Waals surface area contributed by atoms with E-state index >= 15 is 0 Å². The van der Waals surface area contributed by atoms with E-state index in [9.17, 15) is 74.9 Å². The van der Waals surface area contributed by atoms with Crippen molar-refractivity contribution in [3.63, 3.8) is 0 Å². The van der Waals surface area contributed by atoms with Gasteiger partial charge >= 0.3 is 25.7 Å². The van der Waals surface area contributed by atoms with Crippen molar-refractivity contribution < 1.29 is 117 Å². The van der Waals surface area contributed by atoms with Crippen molar-refractivity contribution in [1.82, 2.24) is 0 Å². The predicted octanol–water partition coefficient (Wildman–Crippen LogP) is 11.6. The van der Waals surface area contributed by atoms with Gasteiger partial charge in [0.1, 0.15) is 98.7 Å². The number of hydrogen-bond acceptors (Lipinski definition) is 23. The first-order valence-electron chi connectivity index (χ1n) is 39.7. The normalized spacial score (nSPS) is 27.6. The topological polar surface area (TPSA) is 374 Å². The summed E-state index contributed by atoms with van der Waals surface area (Å²) in [4.78, 5) is 51.1. The molecule has 0 spiro atoms. The highest BCUT2D eigenvalue weighted by Crippen LogP contribution is 2.49. The Morgan fingerprint density at radius 1 is 0.380 bits per heavy atom. The smallest absolute Gasteiger partial charge is 0.463 e. The zero-order chi connectivity index (χ0) is 73.3. The van der Waals surface area contributed by atoms with Crippen LogP contribution in [-0.4, -0.2) is 204 Å². The zero-order valence-corrected chi connectivity index (χ0v) is 62.8. The molecular weight excluding hydrogens is 1320 g/mol. The van der Waals surface area contributed by atoms with Crippen LogP contribution in [0.3, 0.4) is 0 Å². The second-order valence-electron chi connectivity index (χ2n) is 29.1. The number of phosphoric ester groups is 1. The second-order valence-corrected chi connectivity index (χ2v) is 30.5. The summed E-state index contributed by atoms with van der Waals surface area (Å²) in [5.74, 6) is -1.29. The van der Waals surface area contributed by atoms with E-state index in [0.717, 1.165) is 89.9 Å². The van der Waals surface area contributed by atoms with Crippen LogP contribution >= 0.6 is 7.82 Å². The molecule has 100 heavy (non-hydrogen) atoms. The van der Waals surface area contributed by atoms with Gasteiger partial charge in [-0.1, -0.05) is 285 Å². The van der Waals surface area contributed by atoms with Crippen molar-refractivity contribution in [3.8, 4) is 0 Å². The summed E-state index contributed by atoms with van der Waals surface area (Å²) in [7, 11) is -5.70. The molecule has 2 aliphatic heterocycles. The molecular formula is C75H141O24P. The number of hydrogen-bond donors (Lipinski definition) is 11. The van der Waals surface area contributed by atoms with Crippen LogP contribution in [0.4, 0.5) is 0 Å². The molecule has 3 aliphatic rings. The predicted molar refractivity (Wildman–Crippen MR) is 379 cm³/mol. The van der Waals surface area contributed by atoms with Gasteiger partial charge < -0.3 is 89.1 Å². The SMILES string of the molecule is CCCCCCCCCCCCCCCCCC(=O)OCC(COP(=O)(O)OC1C(OC2OC(CO)C(O)C(O)C2O)C(O)C(O)C(O)C1OC1OC(COC(=O)CCCCCCCCCCCCCCCC)C(O)C(O)C1O)OC(=O)CCCCCCCCC(C)CCCCCCCC. The van der Waals surface area contributed by atoms with Crippen LogP contribution in [0.2, 0.25) is 0 Å². The van der Waals surface area contributed by atoms with Crippen LogP contribution in [0, 0.1) is 5.92 Å². The van der Waals surface area contributed by atoms with E-state index < -0.39 is 156 Å². The van der Waals surface area contributed by atoms with Gasteiger partial charge in [0.05, 0.1) is 13.2 Å². The number of aliphatic hydroxyl groups is 10. The first-order valence-corrected chi connectivity index (χ1v) is 41.2.